The van der Waals surface area contributed by atoms with Crippen molar-refractivity contribution in [3.05, 3.63) is 24.0 Å². The van der Waals surface area contributed by atoms with E-state index in [1.54, 1.807) is 6.20 Å². The smallest absolute Gasteiger partial charge is 0.238 e. The fraction of sp³-hybridized carbons (Fsp3) is 0.667. The molecule has 152 valence electrons. The van der Waals surface area contributed by atoms with Crippen LogP contribution >= 0.6 is 17.0 Å². The van der Waals surface area contributed by atoms with Crippen molar-refractivity contribution in [2.45, 2.75) is 57.1 Å². The molecule has 9 heteroatoms. The minimum Gasteiger partial charge on any atom is -0.379 e. The summed E-state index contributed by atoms with van der Waals surface area (Å²) in [5.74, 6) is -0.214. The van der Waals surface area contributed by atoms with Crippen molar-refractivity contribution in [3.63, 3.8) is 0 Å². The standard InChI is InChI=1S/C18H29N5O3.BrH/c1-11-7-19-8-12(2)23(11)10-17(25)21-13-3-5-15(20-9-13)14-4-6-16(24)22-18(14)26;/h3,5,9,11-12,14,16,18-19,22,24,26H,4,6-8,10H2,1-2H3,(H,21,25);1H/t11-,12+,14?,16?,18?;. The summed E-state index contributed by atoms with van der Waals surface area (Å²) < 4.78 is 0. The van der Waals surface area contributed by atoms with E-state index in [1.807, 2.05) is 12.1 Å². The zero-order valence-electron chi connectivity index (χ0n) is 15.8. The monoisotopic (exact) mass is 443 g/mol. The Balaban J connectivity index is 0.00000261. The Morgan fingerprint density at radius 1 is 1.26 bits per heavy atom. The van der Waals surface area contributed by atoms with E-state index in [-0.39, 0.29) is 28.8 Å². The third kappa shape index (κ3) is 5.69. The number of nitrogens with zero attached hydrogens (tertiary/aromatic N) is 2. The van der Waals surface area contributed by atoms with E-state index in [4.69, 9.17) is 0 Å². The second-order valence-corrected chi connectivity index (χ2v) is 7.36. The van der Waals surface area contributed by atoms with Crippen molar-refractivity contribution in [3.8, 4) is 0 Å². The lowest BCUT2D eigenvalue weighted by atomic mass is 9.93. The number of hydrogen-bond donors (Lipinski definition) is 5. The summed E-state index contributed by atoms with van der Waals surface area (Å²) in [5, 5.41) is 28.5. The van der Waals surface area contributed by atoms with Crippen LogP contribution in [-0.4, -0.2) is 70.2 Å². The Labute approximate surface area is 170 Å². The second kappa shape index (κ2) is 9.90. The van der Waals surface area contributed by atoms with Crippen LogP contribution in [0.5, 0.6) is 0 Å². The molecule has 3 unspecified atom stereocenters. The molecule has 5 N–H and O–H groups in total. The van der Waals surface area contributed by atoms with Crippen molar-refractivity contribution in [1.29, 1.82) is 0 Å². The molecule has 0 radical (unpaired) electrons. The zero-order valence-corrected chi connectivity index (χ0v) is 17.5. The highest BCUT2D eigenvalue weighted by Crippen LogP contribution is 2.27. The fourth-order valence-electron chi connectivity index (χ4n) is 3.75. The first-order valence-corrected chi connectivity index (χ1v) is 9.28. The minimum absolute atomic E-state index is 0. The van der Waals surface area contributed by atoms with Crippen LogP contribution in [0.4, 0.5) is 5.69 Å². The van der Waals surface area contributed by atoms with Crippen molar-refractivity contribution in [1.82, 2.24) is 20.5 Å². The largest absolute Gasteiger partial charge is 0.379 e. The van der Waals surface area contributed by atoms with Gasteiger partial charge in [-0.15, -0.1) is 17.0 Å². The van der Waals surface area contributed by atoms with Gasteiger partial charge < -0.3 is 20.8 Å². The molecule has 1 amide bonds. The molecule has 8 nitrogen and oxygen atoms in total. The van der Waals surface area contributed by atoms with Crippen LogP contribution in [0, 0.1) is 0 Å². The average Bonchev–Trinajstić information content (AvgIpc) is 2.59. The summed E-state index contributed by atoms with van der Waals surface area (Å²) in [4.78, 5) is 19.0. The maximum atomic E-state index is 12.4. The third-order valence-electron chi connectivity index (χ3n) is 5.28. The molecule has 2 saturated heterocycles. The molecule has 2 fully saturated rings. The first-order valence-electron chi connectivity index (χ1n) is 9.28. The normalized spacial score (nSPS) is 31.8. The second-order valence-electron chi connectivity index (χ2n) is 7.36. The molecule has 2 aliphatic rings. The van der Waals surface area contributed by atoms with Gasteiger partial charge in [0.25, 0.3) is 0 Å². The van der Waals surface area contributed by atoms with Crippen molar-refractivity contribution in [2.24, 2.45) is 0 Å². The topological polar surface area (TPSA) is 110 Å². The number of carbonyl (C=O) groups is 1. The fourth-order valence-corrected chi connectivity index (χ4v) is 3.75. The molecular weight excluding hydrogens is 414 g/mol. The number of hydrogen-bond acceptors (Lipinski definition) is 7. The number of aliphatic hydroxyl groups excluding tert-OH is 2. The maximum absolute atomic E-state index is 12.4. The van der Waals surface area contributed by atoms with E-state index in [1.165, 1.54) is 0 Å². The Bertz CT molecular complexity index is 608. The van der Waals surface area contributed by atoms with Crippen molar-refractivity contribution < 1.29 is 15.0 Å². The van der Waals surface area contributed by atoms with Gasteiger partial charge in [-0.3, -0.25) is 20.0 Å². The molecule has 1 aromatic heterocycles. The number of anilines is 1. The summed E-state index contributed by atoms with van der Waals surface area (Å²) in [6.07, 6.45) is 1.36. The number of carbonyl (C=O) groups excluding carboxylic acids is 1. The molecule has 3 rings (SSSR count). The number of amides is 1. The van der Waals surface area contributed by atoms with Crippen LogP contribution in [0.15, 0.2) is 18.3 Å². The predicted molar refractivity (Wildman–Crippen MR) is 109 cm³/mol. The van der Waals surface area contributed by atoms with E-state index in [0.717, 1.165) is 18.8 Å². The minimum atomic E-state index is -0.817. The van der Waals surface area contributed by atoms with E-state index in [9.17, 15) is 15.0 Å². The van der Waals surface area contributed by atoms with Crippen LogP contribution in [-0.2, 0) is 4.79 Å². The van der Waals surface area contributed by atoms with Crippen LogP contribution in [0.3, 0.4) is 0 Å². The number of halogens is 1. The van der Waals surface area contributed by atoms with Crippen molar-refractivity contribution >= 4 is 28.6 Å². The summed E-state index contributed by atoms with van der Waals surface area (Å²) in [6.45, 7) is 6.37. The van der Waals surface area contributed by atoms with Gasteiger partial charge >= 0.3 is 0 Å². The van der Waals surface area contributed by atoms with Gasteiger partial charge in [0.05, 0.1) is 18.4 Å². The molecule has 2 aliphatic heterocycles. The molecule has 27 heavy (non-hydrogen) atoms. The highest BCUT2D eigenvalue weighted by atomic mass is 79.9. The van der Waals surface area contributed by atoms with Gasteiger partial charge in [0.2, 0.25) is 5.91 Å². The SMILES string of the molecule is Br.C[C@@H]1CNC[C@H](C)N1CC(=O)Nc1ccc(C2CCC(O)NC2O)nc1. The lowest BCUT2D eigenvalue weighted by molar-refractivity contribution is -0.118. The molecule has 3 heterocycles. The first kappa shape index (κ1) is 22.2. The highest BCUT2D eigenvalue weighted by molar-refractivity contribution is 8.93. The Morgan fingerprint density at radius 2 is 1.96 bits per heavy atom. The molecule has 0 saturated carbocycles. The Hall–Kier alpha value is -1.10. The van der Waals surface area contributed by atoms with Crippen LogP contribution in [0.2, 0.25) is 0 Å². The molecule has 0 aromatic carbocycles. The van der Waals surface area contributed by atoms with Gasteiger partial charge in [-0.25, -0.2) is 0 Å². The van der Waals surface area contributed by atoms with E-state index < -0.39 is 12.5 Å². The molecule has 1 aromatic rings. The van der Waals surface area contributed by atoms with Crippen LogP contribution in [0.1, 0.15) is 38.3 Å². The maximum Gasteiger partial charge on any atom is 0.238 e. The number of aromatic nitrogens is 1. The highest BCUT2D eigenvalue weighted by Gasteiger charge is 2.29. The summed E-state index contributed by atoms with van der Waals surface area (Å²) in [5.41, 5.74) is 1.40. The number of nitrogens with one attached hydrogen (secondary N) is 3. The number of rotatable bonds is 4. The Morgan fingerprint density at radius 3 is 2.56 bits per heavy atom. The average molecular weight is 444 g/mol. The van der Waals surface area contributed by atoms with E-state index in [0.29, 0.717) is 37.2 Å². The van der Waals surface area contributed by atoms with E-state index in [2.05, 4.69) is 39.7 Å². The number of piperidine rings is 1. The van der Waals surface area contributed by atoms with Gasteiger partial charge in [-0.05, 0) is 38.8 Å². The van der Waals surface area contributed by atoms with Gasteiger partial charge in [0, 0.05) is 36.8 Å². The lowest BCUT2D eigenvalue weighted by Crippen LogP contribution is -2.56. The van der Waals surface area contributed by atoms with Gasteiger partial charge in [0.15, 0.2) is 0 Å². The van der Waals surface area contributed by atoms with E-state index >= 15 is 0 Å². The van der Waals surface area contributed by atoms with Crippen molar-refractivity contribution in [2.75, 3.05) is 25.0 Å². The summed E-state index contributed by atoms with van der Waals surface area (Å²) in [6, 6.07) is 4.27. The van der Waals surface area contributed by atoms with Gasteiger partial charge in [-0.1, -0.05) is 0 Å². The van der Waals surface area contributed by atoms with Gasteiger partial charge in [-0.2, -0.15) is 0 Å². The summed E-state index contributed by atoms with van der Waals surface area (Å²) >= 11 is 0. The predicted octanol–water partition coefficient (Wildman–Crippen LogP) is 0.384. The third-order valence-corrected chi connectivity index (χ3v) is 5.28. The lowest BCUT2D eigenvalue weighted by Gasteiger charge is -2.38. The van der Waals surface area contributed by atoms with Crippen LogP contribution in [0.25, 0.3) is 0 Å². The molecular formula is C18H30BrN5O3. The first-order chi connectivity index (χ1) is 12.4. The molecule has 0 aliphatic carbocycles. The summed E-state index contributed by atoms with van der Waals surface area (Å²) in [7, 11) is 0. The van der Waals surface area contributed by atoms with Gasteiger partial charge in [0.1, 0.15) is 12.5 Å². The molecule has 5 atom stereocenters. The quantitative estimate of drug-likeness (QED) is 0.457. The molecule has 0 bridgehead atoms. The molecule has 0 spiro atoms. The van der Waals surface area contributed by atoms with Crippen LogP contribution < -0.4 is 16.0 Å². The zero-order chi connectivity index (χ0) is 18.7. The number of piperazine rings is 1. The number of pyridine rings is 1. The number of aliphatic hydroxyl groups is 2. The Kier molecular flexibility index (Phi) is 8.14.